The van der Waals surface area contributed by atoms with Crippen molar-refractivity contribution >= 4 is 11.6 Å². The highest BCUT2D eigenvalue weighted by Gasteiger charge is 2.12. The summed E-state index contributed by atoms with van der Waals surface area (Å²) < 4.78 is 34.4. The highest BCUT2D eigenvalue weighted by atomic mass is 19.1. The Balaban J connectivity index is 1.70. The maximum atomic E-state index is 13.9. The van der Waals surface area contributed by atoms with Crippen molar-refractivity contribution in [3.63, 3.8) is 0 Å². The molecule has 0 atom stereocenters. The zero-order valence-electron chi connectivity index (χ0n) is 14.4. The maximum Gasteiger partial charge on any atom is 0.254 e. The molecule has 0 saturated heterocycles. The standard InChI is InChI=1S/C19H15F2N5O/c1-27-13-7-5-12(6-8-13)17-9-18(26-19(25-17)23-11-24-26)22-10-14-15(20)3-2-4-16(14)21/h2-9,11,22H,10H2,1H3. The molecule has 2 aromatic carbocycles. The number of nitrogens with zero attached hydrogens (tertiary/aromatic N) is 4. The second kappa shape index (κ2) is 6.99. The number of fused-ring (bicyclic) bond motifs is 1. The van der Waals surface area contributed by atoms with E-state index in [1.165, 1.54) is 29.0 Å². The van der Waals surface area contributed by atoms with Gasteiger partial charge in [-0.15, -0.1) is 0 Å². The average molecular weight is 367 g/mol. The Bertz CT molecular complexity index is 1070. The third-order valence-corrected chi connectivity index (χ3v) is 4.15. The lowest BCUT2D eigenvalue weighted by molar-refractivity contribution is 0.415. The van der Waals surface area contributed by atoms with Crippen molar-refractivity contribution in [2.24, 2.45) is 0 Å². The van der Waals surface area contributed by atoms with Crippen LogP contribution in [0.15, 0.2) is 54.9 Å². The molecular weight excluding hydrogens is 352 g/mol. The van der Waals surface area contributed by atoms with Crippen LogP contribution in [0.1, 0.15) is 5.56 Å². The van der Waals surface area contributed by atoms with E-state index in [0.717, 1.165) is 11.3 Å². The molecule has 0 amide bonds. The fourth-order valence-corrected chi connectivity index (χ4v) is 2.73. The minimum Gasteiger partial charge on any atom is -0.497 e. The summed E-state index contributed by atoms with van der Waals surface area (Å²) >= 11 is 0. The zero-order chi connectivity index (χ0) is 18.8. The van der Waals surface area contributed by atoms with Gasteiger partial charge in [-0.25, -0.2) is 13.8 Å². The van der Waals surface area contributed by atoms with Gasteiger partial charge in [0.1, 0.15) is 29.5 Å². The van der Waals surface area contributed by atoms with Crippen LogP contribution < -0.4 is 10.1 Å². The number of hydrogen-bond acceptors (Lipinski definition) is 5. The molecule has 0 bridgehead atoms. The molecule has 0 aliphatic heterocycles. The predicted molar refractivity (Wildman–Crippen MR) is 96.5 cm³/mol. The molecule has 0 unspecified atom stereocenters. The Labute approximate surface area is 153 Å². The first-order valence-electron chi connectivity index (χ1n) is 8.17. The third-order valence-electron chi connectivity index (χ3n) is 4.15. The van der Waals surface area contributed by atoms with Gasteiger partial charge in [0.05, 0.1) is 12.8 Å². The summed E-state index contributed by atoms with van der Waals surface area (Å²) in [5.74, 6) is 0.407. The van der Waals surface area contributed by atoms with Crippen molar-refractivity contribution in [1.29, 1.82) is 0 Å². The molecule has 0 aliphatic rings. The highest BCUT2D eigenvalue weighted by Crippen LogP contribution is 2.24. The summed E-state index contributed by atoms with van der Waals surface area (Å²) in [5, 5.41) is 7.13. The highest BCUT2D eigenvalue weighted by molar-refractivity contribution is 5.66. The molecule has 8 heteroatoms. The molecule has 1 N–H and O–H groups in total. The van der Waals surface area contributed by atoms with Crippen molar-refractivity contribution < 1.29 is 13.5 Å². The van der Waals surface area contributed by atoms with Crippen LogP contribution in [0, 0.1) is 11.6 Å². The van der Waals surface area contributed by atoms with Crippen LogP contribution in [0.5, 0.6) is 5.75 Å². The number of ether oxygens (including phenoxy) is 1. The lowest BCUT2D eigenvalue weighted by Gasteiger charge is -2.11. The molecule has 136 valence electrons. The minimum atomic E-state index is -0.609. The van der Waals surface area contributed by atoms with Crippen molar-refractivity contribution in [2.45, 2.75) is 6.54 Å². The third kappa shape index (κ3) is 3.29. The van der Waals surface area contributed by atoms with E-state index in [1.54, 1.807) is 13.2 Å². The van der Waals surface area contributed by atoms with E-state index in [-0.39, 0.29) is 12.1 Å². The summed E-state index contributed by atoms with van der Waals surface area (Å²) in [6.07, 6.45) is 1.37. The van der Waals surface area contributed by atoms with E-state index < -0.39 is 11.6 Å². The van der Waals surface area contributed by atoms with Crippen molar-refractivity contribution in [2.75, 3.05) is 12.4 Å². The van der Waals surface area contributed by atoms with Gasteiger partial charge < -0.3 is 10.1 Å². The van der Waals surface area contributed by atoms with Crippen LogP contribution in [0.2, 0.25) is 0 Å². The van der Waals surface area contributed by atoms with Gasteiger partial charge in [0, 0.05) is 23.7 Å². The molecule has 0 fully saturated rings. The van der Waals surface area contributed by atoms with Gasteiger partial charge >= 0.3 is 0 Å². The van der Waals surface area contributed by atoms with Gasteiger partial charge in [0.15, 0.2) is 0 Å². The van der Waals surface area contributed by atoms with Gasteiger partial charge in [-0.3, -0.25) is 0 Å². The summed E-state index contributed by atoms with van der Waals surface area (Å²) in [6, 6.07) is 12.9. The van der Waals surface area contributed by atoms with Crippen molar-refractivity contribution in [3.8, 4) is 17.0 Å². The van der Waals surface area contributed by atoms with Crippen LogP contribution in [0.3, 0.4) is 0 Å². The van der Waals surface area contributed by atoms with Gasteiger partial charge in [-0.2, -0.15) is 14.6 Å². The monoisotopic (exact) mass is 367 g/mol. The lowest BCUT2D eigenvalue weighted by atomic mass is 10.1. The number of methoxy groups -OCH3 is 1. The summed E-state index contributed by atoms with van der Waals surface area (Å²) in [7, 11) is 1.60. The normalized spacial score (nSPS) is 10.9. The van der Waals surface area contributed by atoms with Crippen LogP contribution in [-0.4, -0.2) is 26.7 Å². The summed E-state index contributed by atoms with van der Waals surface area (Å²) in [6.45, 7) is -0.0421. The number of halogens is 2. The van der Waals surface area contributed by atoms with Gasteiger partial charge in [-0.05, 0) is 36.4 Å². The van der Waals surface area contributed by atoms with Crippen molar-refractivity contribution in [1.82, 2.24) is 19.6 Å². The summed E-state index contributed by atoms with van der Waals surface area (Å²) in [5.41, 5.74) is 1.45. The quantitative estimate of drug-likeness (QED) is 0.583. The van der Waals surface area contributed by atoms with E-state index in [0.29, 0.717) is 17.3 Å². The second-order valence-electron chi connectivity index (χ2n) is 5.78. The molecular formula is C19H15F2N5O. The van der Waals surface area contributed by atoms with E-state index in [1.807, 2.05) is 24.3 Å². The number of hydrogen-bond donors (Lipinski definition) is 1. The first-order valence-corrected chi connectivity index (χ1v) is 8.17. The molecule has 0 radical (unpaired) electrons. The van der Waals surface area contributed by atoms with E-state index in [2.05, 4.69) is 20.4 Å². The molecule has 0 saturated carbocycles. The first-order chi connectivity index (χ1) is 13.2. The Morgan fingerprint density at radius 3 is 2.52 bits per heavy atom. The fourth-order valence-electron chi connectivity index (χ4n) is 2.73. The van der Waals surface area contributed by atoms with Gasteiger partial charge in [-0.1, -0.05) is 6.07 Å². The molecule has 27 heavy (non-hydrogen) atoms. The van der Waals surface area contributed by atoms with E-state index in [4.69, 9.17) is 4.74 Å². The largest absolute Gasteiger partial charge is 0.497 e. The molecule has 6 nitrogen and oxygen atoms in total. The van der Waals surface area contributed by atoms with E-state index >= 15 is 0 Å². The number of nitrogens with one attached hydrogen (secondary N) is 1. The average Bonchev–Trinajstić information content (AvgIpc) is 3.16. The Morgan fingerprint density at radius 1 is 1.07 bits per heavy atom. The Kier molecular flexibility index (Phi) is 4.37. The van der Waals surface area contributed by atoms with Crippen LogP contribution in [0.4, 0.5) is 14.6 Å². The first kappa shape index (κ1) is 16.9. The van der Waals surface area contributed by atoms with Gasteiger partial charge in [0.2, 0.25) is 0 Å². The molecule has 4 rings (SSSR count). The number of anilines is 1. The molecule has 4 aromatic rings. The Hall–Kier alpha value is -3.55. The topological polar surface area (TPSA) is 64.3 Å². The number of aromatic nitrogens is 4. The van der Waals surface area contributed by atoms with Crippen LogP contribution in [0.25, 0.3) is 17.0 Å². The molecule has 0 spiro atoms. The van der Waals surface area contributed by atoms with Crippen LogP contribution in [-0.2, 0) is 6.54 Å². The number of rotatable bonds is 5. The molecule has 2 heterocycles. The second-order valence-corrected chi connectivity index (χ2v) is 5.78. The fraction of sp³-hybridized carbons (Fsp3) is 0.105. The minimum absolute atomic E-state index is 0.0421. The lowest BCUT2D eigenvalue weighted by Crippen LogP contribution is -2.09. The molecule has 2 aromatic heterocycles. The van der Waals surface area contributed by atoms with Gasteiger partial charge in [0.25, 0.3) is 5.78 Å². The summed E-state index contributed by atoms with van der Waals surface area (Å²) in [4.78, 5) is 8.59. The SMILES string of the molecule is COc1ccc(-c2cc(NCc3c(F)cccc3F)n3ncnc3n2)cc1. The maximum absolute atomic E-state index is 13.9. The molecule has 0 aliphatic carbocycles. The number of benzene rings is 2. The smallest absolute Gasteiger partial charge is 0.254 e. The van der Waals surface area contributed by atoms with Crippen LogP contribution >= 0.6 is 0 Å². The zero-order valence-corrected chi connectivity index (χ0v) is 14.4. The van der Waals surface area contributed by atoms with E-state index in [9.17, 15) is 8.78 Å². The van der Waals surface area contributed by atoms with Crippen molar-refractivity contribution in [3.05, 3.63) is 72.1 Å². The Morgan fingerprint density at radius 2 is 1.81 bits per heavy atom. The predicted octanol–water partition coefficient (Wildman–Crippen LogP) is 3.69.